The lowest BCUT2D eigenvalue weighted by Crippen LogP contribution is -2.39. The molecule has 4 nitrogen and oxygen atoms in total. The Kier molecular flexibility index (Phi) is 5.36. The molecule has 0 spiro atoms. The molecular weight excluding hydrogens is 384 g/mol. The number of benzene rings is 3. The minimum atomic E-state index is -0.375. The number of carbonyl (C=O) groups excluding carboxylic acids is 2. The normalized spacial score (nSPS) is 16.0. The number of carbonyl (C=O) groups is 2. The van der Waals surface area contributed by atoms with Crippen LogP contribution in [0.15, 0.2) is 72.8 Å². The second-order valence-corrected chi connectivity index (χ2v) is 7.72. The summed E-state index contributed by atoms with van der Waals surface area (Å²) in [6.07, 6.45) is 0.237. The average Bonchev–Trinajstić information content (AvgIpc) is 2.84. The van der Waals surface area contributed by atoms with Crippen molar-refractivity contribution in [3.05, 3.63) is 100 Å². The average molecular weight is 405 g/mol. The molecule has 4 rings (SSSR count). The molecule has 29 heavy (non-hydrogen) atoms. The summed E-state index contributed by atoms with van der Waals surface area (Å²) in [7, 11) is 0. The molecule has 0 bridgehead atoms. The van der Waals surface area contributed by atoms with Crippen molar-refractivity contribution in [1.29, 1.82) is 0 Å². The molecule has 1 N–H and O–H groups in total. The molecule has 1 aliphatic rings. The van der Waals surface area contributed by atoms with E-state index in [-0.39, 0.29) is 30.8 Å². The van der Waals surface area contributed by atoms with Crippen LogP contribution < -0.4 is 5.32 Å². The van der Waals surface area contributed by atoms with Crippen LogP contribution in [0.4, 0.5) is 5.69 Å². The van der Waals surface area contributed by atoms with E-state index in [1.165, 1.54) is 0 Å². The maximum absolute atomic E-state index is 13.4. The van der Waals surface area contributed by atoms with Crippen molar-refractivity contribution in [3.63, 3.8) is 0 Å². The third-order valence-corrected chi connectivity index (χ3v) is 5.32. The van der Waals surface area contributed by atoms with Crippen LogP contribution in [-0.4, -0.2) is 23.3 Å². The first-order valence-electron chi connectivity index (χ1n) is 9.50. The van der Waals surface area contributed by atoms with Gasteiger partial charge in [-0.15, -0.1) is 0 Å². The Balaban J connectivity index is 1.78. The zero-order chi connectivity index (χ0) is 20.4. The van der Waals surface area contributed by atoms with Gasteiger partial charge in [0.05, 0.1) is 12.5 Å². The highest BCUT2D eigenvalue weighted by Crippen LogP contribution is 2.37. The maximum atomic E-state index is 13.4. The lowest BCUT2D eigenvalue weighted by atomic mass is 9.95. The largest absolute Gasteiger partial charge is 0.324 e. The summed E-state index contributed by atoms with van der Waals surface area (Å²) in [5.74, 6) is -0.327. The first-order chi connectivity index (χ1) is 14.0. The van der Waals surface area contributed by atoms with E-state index >= 15 is 0 Å². The monoisotopic (exact) mass is 404 g/mol. The van der Waals surface area contributed by atoms with Gasteiger partial charge in [-0.1, -0.05) is 77.8 Å². The Bertz CT molecular complexity index is 1070. The molecule has 1 heterocycles. The lowest BCUT2D eigenvalue weighted by molar-refractivity contribution is -0.135. The zero-order valence-corrected chi connectivity index (χ0v) is 16.8. The molecule has 0 aliphatic carbocycles. The fourth-order valence-corrected chi connectivity index (χ4v) is 3.98. The van der Waals surface area contributed by atoms with Gasteiger partial charge in [0.1, 0.15) is 6.54 Å². The molecule has 5 heteroatoms. The fourth-order valence-electron chi connectivity index (χ4n) is 3.80. The van der Waals surface area contributed by atoms with Gasteiger partial charge in [0.15, 0.2) is 0 Å². The van der Waals surface area contributed by atoms with E-state index in [0.717, 1.165) is 22.3 Å². The Morgan fingerprint density at radius 1 is 1.07 bits per heavy atom. The highest BCUT2D eigenvalue weighted by Gasteiger charge is 2.33. The van der Waals surface area contributed by atoms with Gasteiger partial charge in [0.2, 0.25) is 11.8 Å². The first-order valence-corrected chi connectivity index (χ1v) is 9.88. The van der Waals surface area contributed by atoms with Gasteiger partial charge in [0, 0.05) is 16.3 Å². The van der Waals surface area contributed by atoms with Crippen molar-refractivity contribution in [3.8, 4) is 0 Å². The van der Waals surface area contributed by atoms with Crippen LogP contribution in [0.5, 0.6) is 0 Å². The molecular formula is C24H21ClN2O2. The van der Waals surface area contributed by atoms with Gasteiger partial charge in [-0.25, -0.2) is 0 Å². The van der Waals surface area contributed by atoms with Crippen LogP contribution in [0.1, 0.15) is 28.3 Å². The molecule has 1 atom stereocenters. The number of anilines is 1. The highest BCUT2D eigenvalue weighted by atomic mass is 35.5. The smallest absolute Gasteiger partial charge is 0.244 e. The summed E-state index contributed by atoms with van der Waals surface area (Å²) >= 11 is 6.16. The number of rotatable bonds is 3. The van der Waals surface area contributed by atoms with Gasteiger partial charge in [-0.05, 0) is 30.2 Å². The molecule has 0 saturated heterocycles. The van der Waals surface area contributed by atoms with Crippen molar-refractivity contribution in [2.75, 3.05) is 11.9 Å². The van der Waals surface area contributed by atoms with Crippen LogP contribution in [0, 0.1) is 6.92 Å². The van der Waals surface area contributed by atoms with E-state index in [1.807, 2.05) is 67.6 Å². The molecule has 146 valence electrons. The Hall–Kier alpha value is -3.11. The predicted molar refractivity (Wildman–Crippen MR) is 115 cm³/mol. The molecule has 3 aromatic carbocycles. The fraction of sp³-hybridized carbons (Fsp3) is 0.167. The molecule has 1 unspecified atom stereocenters. The highest BCUT2D eigenvalue weighted by molar-refractivity contribution is 6.31. The van der Waals surface area contributed by atoms with Crippen LogP contribution in [0.3, 0.4) is 0 Å². The molecule has 0 aromatic heterocycles. The van der Waals surface area contributed by atoms with Gasteiger partial charge in [-0.2, -0.15) is 0 Å². The number of nitrogens with one attached hydrogen (secondary N) is 1. The summed E-state index contributed by atoms with van der Waals surface area (Å²) in [5.41, 5.74) is 4.47. The summed E-state index contributed by atoms with van der Waals surface area (Å²) in [6, 6.07) is 22.7. The molecule has 0 fully saturated rings. The van der Waals surface area contributed by atoms with Crippen LogP contribution in [0.2, 0.25) is 5.02 Å². The molecule has 3 aromatic rings. The van der Waals surface area contributed by atoms with E-state index < -0.39 is 0 Å². The SMILES string of the molecule is Cc1cccc(CC(=O)N2CC(=O)Nc3cc(Cl)ccc3C2c2ccccc2)c1. The van der Waals surface area contributed by atoms with E-state index in [9.17, 15) is 9.59 Å². The number of aryl methyl sites for hydroxylation is 1. The third-order valence-electron chi connectivity index (χ3n) is 5.08. The molecule has 0 saturated carbocycles. The Labute approximate surface area is 175 Å². The third kappa shape index (κ3) is 4.17. The minimum absolute atomic E-state index is 0.0174. The van der Waals surface area contributed by atoms with Crippen molar-refractivity contribution in [2.45, 2.75) is 19.4 Å². The van der Waals surface area contributed by atoms with E-state index in [2.05, 4.69) is 5.32 Å². The van der Waals surface area contributed by atoms with E-state index in [1.54, 1.807) is 17.0 Å². The van der Waals surface area contributed by atoms with Crippen molar-refractivity contribution in [2.24, 2.45) is 0 Å². The second kappa shape index (κ2) is 8.10. The van der Waals surface area contributed by atoms with Crippen LogP contribution in [0.25, 0.3) is 0 Å². The summed E-state index contributed by atoms with van der Waals surface area (Å²) in [6.45, 7) is 1.98. The lowest BCUT2D eigenvalue weighted by Gasteiger charge is -2.30. The Morgan fingerprint density at radius 2 is 1.86 bits per heavy atom. The van der Waals surface area contributed by atoms with Crippen LogP contribution >= 0.6 is 11.6 Å². The van der Waals surface area contributed by atoms with Gasteiger partial charge < -0.3 is 10.2 Å². The van der Waals surface area contributed by atoms with Crippen molar-refractivity contribution < 1.29 is 9.59 Å². The van der Waals surface area contributed by atoms with E-state index in [0.29, 0.717) is 10.7 Å². The second-order valence-electron chi connectivity index (χ2n) is 7.28. The predicted octanol–water partition coefficient (Wildman–Crippen LogP) is 4.76. The van der Waals surface area contributed by atoms with Crippen molar-refractivity contribution >= 4 is 29.1 Å². The minimum Gasteiger partial charge on any atom is -0.324 e. The summed E-state index contributed by atoms with van der Waals surface area (Å²) < 4.78 is 0. The molecule has 2 amide bonds. The summed E-state index contributed by atoms with van der Waals surface area (Å²) in [4.78, 5) is 27.6. The first kappa shape index (κ1) is 19.2. The van der Waals surface area contributed by atoms with E-state index in [4.69, 9.17) is 11.6 Å². The number of amides is 2. The van der Waals surface area contributed by atoms with Crippen LogP contribution in [-0.2, 0) is 16.0 Å². The number of nitrogens with zero attached hydrogens (tertiary/aromatic N) is 1. The number of halogens is 1. The number of hydrogen-bond acceptors (Lipinski definition) is 2. The maximum Gasteiger partial charge on any atom is 0.244 e. The van der Waals surface area contributed by atoms with Gasteiger partial charge in [-0.3, -0.25) is 9.59 Å². The zero-order valence-electron chi connectivity index (χ0n) is 16.1. The van der Waals surface area contributed by atoms with Gasteiger partial charge in [0.25, 0.3) is 0 Å². The quantitative estimate of drug-likeness (QED) is 0.684. The van der Waals surface area contributed by atoms with Crippen molar-refractivity contribution in [1.82, 2.24) is 4.90 Å². The topological polar surface area (TPSA) is 49.4 Å². The standard InChI is InChI=1S/C24H21ClN2O2/c1-16-6-5-7-17(12-16)13-23(29)27-15-22(28)26-21-14-19(25)10-11-20(21)24(27)18-8-3-2-4-9-18/h2-12,14,24H,13,15H2,1H3,(H,26,28). The number of fused-ring (bicyclic) bond motifs is 1. The Morgan fingerprint density at radius 3 is 2.62 bits per heavy atom. The summed E-state index contributed by atoms with van der Waals surface area (Å²) in [5, 5.41) is 3.44. The number of hydrogen-bond donors (Lipinski definition) is 1. The molecule has 0 radical (unpaired) electrons. The van der Waals surface area contributed by atoms with Gasteiger partial charge >= 0.3 is 0 Å². The molecule has 1 aliphatic heterocycles.